The molecule has 1 aromatic heterocycles. The molecule has 4 aromatic rings. The highest BCUT2D eigenvalue weighted by Gasteiger charge is 2.19. The summed E-state index contributed by atoms with van der Waals surface area (Å²) in [6.45, 7) is 0. The lowest BCUT2D eigenvalue weighted by molar-refractivity contribution is 0.469. The van der Waals surface area contributed by atoms with Crippen LogP contribution in [0.15, 0.2) is 75.9 Å². The first-order chi connectivity index (χ1) is 13.4. The summed E-state index contributed by atoms with van der Waals surface area (Å²) in [7, 11) is -3.90. The third kappa shape index (κ3) is 3.47. The molecule has 28 heavy (non-hydrogen) atoms. The quantitative estimate of drug-likeness (QED) is 0.369. The fourth-order valence-corrected chi connectivity index (χ4v) is 4.53. The van der Waals surface area contributed by atoms with Crippen molar-refractivity contribution in [2.75, 3.05) is 4.72 Å². The number of phenols is 2. The molecule has 0 aliphatic carbocycles. The van der Waals surface area contributed by atoms with Gasteiger partial charge in [-0.05, 0) is 42.1 Å². The van der Waals surface area contributed by atoms with E-state index in [9.17, 15) is 18.6 Å². The van der Waals surface area contributed by atoms with Crippen molar-refractivity contribution < 1.29 is 18.6 Å². The first-order valence-corrected chi connectivity index (χ1v) is 10.3. The Morgan fingerprint density at radius 2 is 1.71 bits per heavy atom. The average Bonchev–Trinajstić information content (AvgIpc) is 3.19. The van der Waals surface area contributed by atoms with Crippen LogP contribution in [0.4, 0.5) is 5.69 Å². The Balaban J connectivity index is 1.81. The molecule has 8 nitrogen and oxygen atoms in total. The number of H-pyrrole nitrogens is 1. The second-order valence-electron chi connectivity index (χ2n) is 5.81. The van der Waals surface area contributed by atoms with Crippen LogP contribution in [-0.2, 0) is 10.0 Å². The standard InChI is InChI=1S/C18H14N4O4S2/c23-11-5-7-12(8-6-11)28(25,26)22-15-9-16(27-18-19-10-20-21-18)17(24)14-4-2-1-3-13(14)15/h1-10,22-24H,(H,19,20,21). The second kappa shape index (κ2) is 7.06. The van der Waals surface area contributed by atoms with Gasteiger partial charge in [0.1, 0.15) is 17.8 Å². The number of fused-ring (bicyclic) bond motifs is 1. The molecule has 0 spiro atoms. The summed E-state index contributed by atoms with van der Waals surface area (Å²) < 4.78 is 28.1. The van der Waals surface area contributed by atoms with Crippen LogP contribution in [0.5, 0.6) is 11.5 Å². The normalized spacial score (nSPS) is 11.6. The molecule has 4 rings (SSSR count). The van der Waals surface area contributed by atoms with E-state index in [0.29, 0.717) is 26.5 Å². The summed E-state index contributed by atoms with van der Waals surface area (Å²) in [6, 6.07) is 13.7. The largest absolute Gasteiger partial charge is 0.508 e. The van der Waals surface area contributed by atoms with E-state index in [-0.39, 0.29) is 16.4 Å². The summed E-state index contributed by atoms with van der Waals surface area (Å²) >= 11 is 1.13. The van der Waals surface area contributed by atoms with E-state index in [1.807, 2.05) is 0 Å². The van der Waals surface area contributed by atoms with Crippen molar-refractivity contribution in [2.45, 2.75) is 14.9 Å². The lowest BCUT2D eigenvalue weighted by Crippen LogP contribution is -2.13. The lowest BCUT2D eigenvalue weighted by atomic mass is 10.1. The monoisotopic (exact) mass is 414 g/mol. The van der Waals surface area contributed by atoms with E-state index < -0.39 is 10.0 Å². The zero-order chi connectivity index (χ0) is 19.7. The number of nitrogens with zero attached hydrogens (tertiary/aromatic N) is 2. The Bertz CT molecular complexity index is 1240. The molecule has 0 bridgehead atoms. The number of hydrogen-bond acceptors (Lipinski definition) is 7. The number of sulfonamides is 1. The molecule has 0 fully saturated rings. The first-order valence-electron chi connectivity index (χ1n) is 8.04. The number of benzene rings is 3. The van der Waals surface area contributed by atoms with Crippen molar-refractivity contribution in [1.29, 1.82) is 0 Å². The van der Waals surface area contributed by atoms with Crippen LogP contribution in [0.3, 0.4) is 0 Å². The van der Waals surface area contributed by atoms with Gasteiger partial charge in [0.2, 0.25) is 0 Å². The van der Waals surface area contributed by atoms with Crippen LogP contribution in [-0.4, -0.2) is 33.8 Å². The topological polar surface area (TPSA) is 128 Å². The summed E-state index contributed by atoms with van der Waals surface area (Å²) in [5.41, 5.74) is 0.309. The van der Waals surface area contributed by atoms with Gasteiger partial charge < -0.3 is 10.2 Å². The maximum atomic E-state index is 12.8. The zero-order valence-electron chi connectivity index (χ0n) is 14.2. The van der Waals surface area contributed by atoms with Gasteiger partial charge >= 0.3 is 0 Å². The second-order valence-corrected chi connectivity index (χ2v) is 8.52. The van der Waals surface area contributed by atoms with Crippen molar-refractivity contribution in [2.24, 2.45) is 0 Å². The van der Waals surface area contributed by atoms with E-state index in [2.05, 4.69) is 19.9 Å². The van der Waals surface area contributed by atoms with E-state index in [4.69, 9.17) is 0 Å². The van der Waals surface area contributed by atoms with Crippen molar-refractivity contribution in [3.63, 3.8) is 0 Å². The Morgan fingerprint density at radius 1 is 1.00 bits per heavy atom. The van der Waals surface area contributed by atoms with E-state index in [1.54, 1.807) is 30.3 Å². The number of aromatic nitrogens is 3. The molecule has 0 aliphatic rings. The smallest absolute Gasteiger partial charge is 0.261 e. The minimum absolute atomic E-state index is 0.00638. The Morgan fingerprint density at radius 3 is 2.39 bits per heavy atom. The molecule has 3 aromatic carbocycles. The number of nitrogens with one attached hydrogen (secondary N) is 2. The number of aromatic hydroxyl groups is 2. The molecule has 0 amide bonds. The number of hydrogen-bond donors (Lipinski definition) is 4. The third-order valence-electron chi connectivity index (χ3n) is 3.97. The van der Waals surface area contributed by atoms with Gasteiger partial charge in [-0.3, -0.25) is 9.82 Å². The molecule has 0 atom stereocenters. The van der Waals surface area contributed by atoms with Crippen molar-refractivity contribution in [1.82, 2.24) is 15.2 Å². The summed E-state index contributed by atoms with van der Waals surface area (Å²) in [4.78, 5) is 4.44. The van der Waals surface area contributed by atoms with Crippen molar-refractivity contribution >= 4 is 38.2 Å². The minimum atomic E-state index is -3.90. The van der Waals surface area contributed by atoms with Crippen LogP contribution < -0.4 is 4.72 Å². The van der Waals surface area contributed by atoms with E-state index >= 15 is 0 Å². The van der Waals surface area contributed by atoms with E-state index in [0.717, 1.165) is 11.8 Å². The summed E-state index contributed by atoms with van der Waals surface area (Å²) in [5, 5.41) is 28.0. The Kier molecular flexibility index (Phi) is 4.57. The molecule has 1 heterocycles. The molecule has 0 unspecified atom stereocenters. The molecule has 0 aliphatic heterocycles. The Hall–Kier alpha value is -3.24. The SMILES string of the molecule is O=S(=O)(Nc1cc(Sc2ncn[nH]2)c(O)c2ccccc12)c1ccc(O)cc1. The molecular weight excluding hydrogens is 400 g/mol. The third-order valence-corrected chi connectivity index (χ3v) is 6.27. The van der Waals surface area contributed by atoms with Gasteiger partial charge in [0.05, 0.1) is 15.5 Å². The number of phenolic OH excluding ortho intramolecular Hbond substituents is 2. The van der Waals surface area contributed by atoms with Gasteiger partial charge in [0.25, 0.3) is 10.0 Å². The molecule has 0 radical (unpaired) electrons. The van der Waals surface area contributed by atoms with Gasteiger partial charge in [-0.25, -0.2) is 13.4 Å². The van der Waals surface area contributed by atoms with Gasteiger partial charge in [0.15, 0.2) is 5.16 Å². The van der Waals surface area contributed by atoms with Gasteiger partial charge in [-0.2, -0.15) is 5.10 Å². The maximum absolute atomic E-state index is 12.8. The van der Waals surface area contributed by atoms with Crippen LogP contribution >= 0.6 is 11.8 Å². The van der Waals surface area contributed by atoms with Crippen molar-refractivity contribution in [3.05, 3.63) is 60.9 Å². The fraction of sp³-hybridized carbons (Fsp3) is 0. The first kappa shape index (κ1) is 18.1. The van der Waals surface area contributed by atoms with Crippen LogP contribution in [0.1, 0.15) is 0 Å². The molecule has 0 saturated heterocycles. The van der Waals surface area contributed by atoms with Crippen LogP contribution in [0, 0.1) is 0 Å². The predicted molar refractivity (Wildman–Crippen MR) is 105 cm³/mol. The number of aromatic amines is 1. The highest BCUT2D eigenvalue weighted by Crippen LogP contribution is 2.42. The highest BCUT2D eigenvalue weighted by atomic mass is 32.2. The number of anilines is 1. The van der Waals surface area contributed by atoms with Crippen LogP contribution in [0.2, 0.25) is 0 Å². The maximum Gasteiger partial charge on any atom is 0.261 e. The summed E-state index contributed by atoms with van der Waals surface area (Å²) in [5.74, 6) is -0.00985. The lowest BCUT2D eigenvalue weighted by Gasteiger charge is -2.14. The zero-order valence-corrected chi connectivity index (χ0v) is 15.8. The molecule has 142 valence electrons. The Labute approximate surface area is 164 Å². The molecule has 10 heteroatoms. The number of rotatable bonds is 5. The van der Waals surface area contributed by atoms with Gasteiger partial charge in [-0.1, -0.05) is 24.3 Å². The highest BCUT2D eigenvalue weighted by molar-refractivity contribution is 7.99. The summed E-state index contributed by atoms with van der Waals surface area (Å²) in [6.07, 6.45) is 1.34. The van der Waals surface area contributed by atoms with Crippen LogP contribution in [0.25, 0.3) is 10.8 Å². The van der Waals surface area contributed by atoms with Gasteiger partial charge in [0, 0.05) is 10.8 Å². The van der Waals surface area contributed by atoms with E-state index in [1.165, 1.54) is 30.6 Å². The molecular formula is C18H14N4O4S2. The van der Waals surface area contributed by atoms with Gasteiger partial charge in [-0.15, -0.1) is 0 Å². The molecule has 4 N–H and O–H groups in total. The van der Waals surface area contributed by atoms with Crippen molar-refractivity contribution in [3.8, 4) is 11.5 Å². The predicted octanol–water partition coefficient (Wildman–Crippen LogP) is 3.32. The molecule has 0 saturated carbocycles. The fourth-order valence-electron chi connectivity index (χ4n) is 2.67. The average molecular weight is 414 g/mol. The minimum Gasteiger partial charge on any atom is -0.508 e.